The normalized spacial score (nSPS) is 12.0. The van der Waals surface area contributed by atoms with Crippen LogP contribution in [0.15, 0.2) is 72.8 Å². The minimum Gasteiger partial charge on any atom is -0.354 e. The summed E-state index contributed by atoms with van der Waals surface area (Å²) in [6.07, 6.45) is 2.02. The van der Waals surface area contributed by atoms with Gasteiger partial charge in [0.2, 0.25) is 21.8 Å². The molecular weight excluding hydrogens is 557 g/mol. The fraction of sp³-hybridized carbons (Fsp3) is 0.310. The number of hydrogen-bond acceptors (Lipinski definition) is 4. The van der Waals surface area contributed by atoms with Crippen molar-refractivity contribution in [1.82, 2.24) is 10.2 Å². The molecule has 1 unspecified atom stereocenters. The molecule has 0 aliphatic carbocycles. The van der Waals surface area contributed by atoms with Crippen LogP contribution < -0.4 is 9.62 Å². The van der Waals surface area contributed by atoms with Gasteiger partial charge >= 0.3 is 0 Å². The van der Waals surface area contributed by atoms with E-state index in [-0.39, 0.29) is 18.9 Å². The van der Waals surface area contributed by atoms with E-state index in [1.165, 1.54) is 4.90 Å². The van der Waals surface area contributed by atoms with Crippen LogP contribution >= 0.6 is 23.2 Å². The highest BCUT2D eigenvalue weighted by Gasteiger charge is 2.33. The Balaban J connectivity index is 2.05. The number of anilines is 1. The lowest BCUT2D eigenvalue weighted by molar-refractivity contribution is -0.140. The Morgan fingerprint density at radius 3 is 2.18 bits per heavy atom. The standard InChI is InChI=1S/C29H33Cl2N3O4S/c1-4-16-32-29(36)27(18-22-8-6-5-7-9-22)33(19-23-12-15-25(30)26(31)17-23)28(35)20-34(39(3,37)38)24-13-10-21(2)11-14-24/h5-15,17,27H,4,16,18-20H2,1-3H3,(H,32,36). The summed E-state index contributed by atoms with van der Waals surface area (Å²) in [5.74, 6) is -0.852. The Hall–Kier alpha value is -3.07. The molecule has 0 saturated carbocycles. The lowest BCUT2D eigenvalue weighted by Gasteiger charge is -2.33. The van der Waals surface area contributed by atoms with Crippen LogP contribution in [0.1, 0.15) is 30.0 Å². The van der Waals surface area contributed by atoms with Gasteiger partial charge < -0.3 is 10.2 Å². The average molecular weight is 591 g/mol. The van der Waals surface area contributed by atoms with Crippen molar-refractivity contribution in [2.45, 2.75) is 39.3 Å². The highest BCUT2D eigenvalue weighted by atomic mass is 35.5. The number of hydrogen-bond donors (Lipinski definition) is 1. The molecule has 0 aliphatic heterocycles. The molecule has 1 N–H and O–H groups in total. The number of amides is 2. The summed E-state index contributed by atoms with van der Waals surface area (Å²) in [5, 5.41) is 3.58. The van der Waals surface area contributed by atoms with Crippen molar-refractivity contribution in [2.75, 3.05) is 23.7 Å². The number of halogens is 2. The molecule has 0 spiro atoms. The molecule has 10 heteroatoms. The molecule has 208 valence electrons. The molecule has 39 heavy (non-hydrogen) atoms. The van der Waals surface area contributed by atoms with E-state index in [2.05, 4.69) is 5.32 Å². The fourth-order valence-corrected chi connectivity index (χ4v) is 5.25. The van der Waals surface area contributed by atoms with Crippen LogP contribution in [-0.2, 0) is 32.6 Å². The molecule has 0 bridgehead atoms. The first-order valence-electron chi connectivity index (χ1n) is 12.6. The molecule has 0 fully saturated rings. The van der Waals surface area contributed by atoms with Gasteiger partial charge in [-0.05, 0) is 48.7 Å². The van der Waals surface area contributed by atoms with Crippen LogP contribution in [0.2, 0.25) is 10.0 Å². The molecule has 7 nitrogen and oxygen atoms in total. The van der Waals surface area contributed by atoms with Crippen LogP contribution in [0.3, 0.4) is 0 Å². The zero-order valence-corrected chi connectivity index (χ0v) is 24.6. The van der Waals surface area contributed by atoms with Gasteiger partial charge in [-0.3, -0.25) is 13.9 Å². The third kappa shape index (κ3) is 8.71. The maximum absolute atomic E-state index is 14.0. The van der Waals surface area contributed by atoms with Gasteiger partial charge in [0, 0.05) is 19.5 Å². The summed E-state index contributed by atoms with van der Waals surface area (Å²) in [5.41, 5.74) is 2.83. The first-order valence-corrected chi connectivity index (χ1v) is 15.2. The second-order valence-corrected chi connectivity index (χ2v) is 12.1. The first-order chi connectivity index (χ1) is 18.5. The Morgan fingerprint density at radius 1 is 0.923 bits per heavy atom. The molecule has 1 atom stereocenters. The van der Waals surface area contributed by atoms with Gasteiger partial charge in [0.25, 0.3) is 0 Å². The van der Waals surface area contributed by atoms with E-state index in [0.29, 0.717) is 27.8 Å². The largest absolute Gasteiger partial charge is 0.354 e. The SMILES string of the molecule is CCCNC(=O)C(Cc1ccccc1)N(Cc1ccc(Cl)c(Cl)c1)C(=O)CN(c1ccc(C)cc1)S(C)(=O)=O. The Kier molecular flexibility index (Phi) is 10.8. The number of nitrogens with zero attached hydrogens (tertiary/aromatic N) is 2. The molecule has 0 aliphatic rings. The van der Waals surface area contributed by atoms with Crippen LogP contribution in [-0.4, -0.2) is 50.5 Å². The molecule has 3 rings (SSSR count). The van der Waals surface area contributed by atoms with Crippen molar-refractivity contribution in [3.05, 3.63) is 99.5 Å². The smallest absolute Gasteiger partial charge is 0.244 e. The van der Waals surface area contributed by atoms with E-state index in [9.17, 15) is 18.0 Å². The lowest BCUT2D eigenvalue weighted by Crippen LogP contribution is -2.53. The number of benzene rings is 3. The minimum atomic E-state index is -3.82. The van der Waals surface area contributed by atoms with Gasteiger partial charge in [0.1, 0.15) is 12.6 Å². The van der Waals surface area contributed by atoms with Gasteiger partial charge in [-0.15, -0.1) is 0 Å². The third-order valence-electron chi connectivity index (χ3n) is 6.16. The van der Waals surface area contributed by atoms with Crippen molar-refractivity contribution in [3.63, 3.8) is 0 Å². The minimum absolute atomic E-state index is 0.0261. The van der Waals surface area contributed by atoms with Crippen LogP contribution in [0, 0.1) is 6.92 Å². The molecule has 3 aromatic carbocycles. The second-order valence-electron chi connectivity index (χ2n) is 9.37. The summed E-state index contributed by atoms with van der Waals surface area (Å²) in [6, 6.07) is 20.3. The van der Waals surface area contributed by atoms with E-state index in [0.717, 1.165) is 28.1 Å². The van der Waals surface area contributed by atoms with E-state index in [1.807, 2.05) is 44.2 Å². The zero-order chi connectivity index (χ0) is 28.6. The molecule has 0 radical (unpaired) electrons. The van der Waals surface area contributed by atoms with Crippen molar-refractivity contribution in [1.29, 1.82) is 0 Å². The van der Waals surface area contributed by atoms with Crippen LogP contribution in [0.25, 0.3) is 0 Å². The Morgan fingerprint density at radius 2 is 1.59 bits per heavy atom. The first kappa shape index (κ1) is 30.5. The van der Waals surface area contributed by atoms with Crippen LogP contribution in [0.5, 0.6) is 0 Å². The molecule has 2 amide bonds. The van der Waals surface area contributed by atoms with Crippen LogP contribution in [0.4, 0.5) is 5.69 Å². The van der Waals surface area contributed by atoms with E-state index >= 15 is 0 Å². The number of rotatable bonds is 12. The second kappa shape index (κ2) is 13.8. The maximum Gasteiger partial charge on any atom is 0.244 e. The number of sulfonamides is 1. The fourth-order valence-electron chi connectivity index (χ4n) is 4.08. The van der Waals surface area contributed by atoms with E-state index in [4.69, 9.17) is 23.2 Å². The summed E-state index contributed by atoms with van der Waals surface area (Å²) in [7, 11) is -3.82. The molecule has 0 saturated heterocycles. The predicted molar refractivity (Wildman–Crippen MR) is 158 cm³/mol. The molecule has 0 aromatic heterocycles. The monoisotopic (exact) mass is 589 g/mol. The molecular formula is C29H33Cl2N3O4S. The summed E-state index contributed by atoms with van der Waals surface area (Å²) >= 11 is 12.4. The molecule has 3 aromatic rings. The Labute approximate surface area is 240 Å². The number of nitrogens with one attached hydrogen (secondary N) is 1. The van der Waals surface area contributed by atoms with Gasteiger partial charge in [-0.2, -0.15) is 0 Å². The molecule has 0 heterocycles. The summed E-state index contributed by atoms with van der Waals surface area (Å²) in [4.78, 5) is 28.9. The average Bonchev–Trinajstić information content (AvgIpc) is 2.90. The highest BCUT2D eigenvalue weighted by molar-refractivity contribution is 7.92. The number of carbonyl (C=O) groups is 2. The summed E-state index contributed by atoms with van der Waals surface area (Å²) in [6.45, 7) is 3.82. The van der Waals surface area contributed by atoms with E-state index < -0.39 is 28.5 Å². The topological polar surface area (TPSA) is 86.8 Å². The van der Waals surface area contributed by atoms with Gasteiger partial charge in [0.15, 0.2) is 0 Å². The van der Waals surface area contributed by atoms with Gasteiger partial charge in [-0.25, -0.2) is 8.42 Å². The van der Waals surface area contributed by atoms with Crippen molar-refractivity contribution < 1.29 is 18.0 Å². The Bertz CT molecular complexity index is 1380. The summed E-state index contributed by atoms with van der Waals surface area (Å²) < 4.78 is 26.6. The number of aryl methyl sites for hydroxylation is 1. The highest BCUT2D eigenvalue weighted by Crippen LogP contribution is 2.25. The number of carbonyl (C=O) groups excluding carboxylic acids is 2. The maximum atomic E-state index is 14.0. The van der Waals surface area contributed by atoms with Crippen molar-refractivity contribution in [3.8, 4) is 0 Å². The van der Waals surface area contributed by atoms with Crippen molar-refractivity contribution >= 4 is 50.7 Å². The van der Waals surface area contributed by atoms with Gasteiger partial charge in [-0.1, -0.05) is 84.2 Å². The predicted octanol–water partition coefficient (Wildman–Crippen LogP) is 5.23. The van der Waals surface area contributed by atoms with Crippen molar-refractivity contribution in [2.24, 2.45) is 0 Å². The van der Waals surface area contributed by atoms with E-state index in [1.54, 1.807) is 42.5 Å². The van der Waals surface area contributed by atoms with Gasteiger partial charge in [0.05, 0.1) is 22.0 Å². The third-order valence-corrected chi connectivity index (χ3v) is 8.04. The quantitative estimate of drug-likeness (QED) is 0.313. The zero-order valence-electron chi connectivity index (χ0n) is 22.2. The lowest BCUT2D eigenvalue weighted by atomic mass is 10.0.